The molecule has 3 heterocycles. The molecule has 2 unspecified atom stereocenters. The van der Waals surface area contributed by atoms with Crippen molar-refractivity contribution < 1.29 is 17.5 Å². The van der Waals surface area contributed by atoms with Gasteiger partial charge in [-0.3, -0.25) is 5.10 Å². The van der Waals surface area contributed by atoms with E-state index >= 15 is 0 Å². The van der Waals surface area contributed by atoms with Crippen LogP contribution in [0.2, 0.25) is 0 Å². The Morgan fingerprint density at radius 2 is 1.77 bits per heavy atom. The highest BCUT2D eigenvalue weighted by Gasteiger charge is 2.48. The number of aromatic nitrogens is 2. The average molecular weight is 379 g/mol. The summed E-state index contributed by atoms with van der Waals surface area (Å²) < 4.78 is 47.2. The monoisotopic (exact) mass is 379 g/mol. The first-order chi connectivity index (χ1) is 12.4. The van der Waals surface area contributed by atoms with Crippen LogP contribution in [0.15, 0.2) is 29.2 Å². The van der Waals surface area contributed by atoms with Crippen LogP contribution in [-0.2, 0) is 10.0 Å². The smallest absolute Gasteiger partial charge is 0.247 e. The second kappa shape index (κ2) is 6.35. The number of benzene rings is 1. The van der Waals surface area contributed by atoms with Gasteiger partial charge in [-0.1, -0.05) is 0 Å². The zero-order chi connectivity index (χ0) is 18.5. The van der Waals surface area contributed by atoms with Crippen LogP contribution < -0.4 is 4.74 Å². The van der Waals surface area contributed by atoms with Crippen molar-refractivity contribution >= 4 is 10.0 Å². The molecule has 1 aromatic carbocycles. The molecule has 2 aromatic rings. The minimum absolute atomic E-state index is 0.0593. The number of hydrogen-bond acceptors (Lipinski definition) is 4. The number of nitrogens with one attached hydrogen (secondary N) is 1. The van der Waals surface area contributed by atoms with Crippen molar-refractivity contribution in [3.63, 3.8) is 0 Å². The Kier molecular flexibility index (Phi) is 4.27. The topological polar surface area (TPSA) is 75.3 Å². The Bertz CT molecular complexity index is 877. The molecule has 2 aliphatic rings. The quantitative estimate of drug-likeness (QED) is 0.886. The van der Waals surface area contributed by atoms with Gasteiger partial charge in [0, 0.05) is 24.9 Å². The number of piperidine rings is 1. The zero-order valence-corrected chi connectivity index (χ0v) is 15.6. The summed E-state index contributed by atoms with van der Waals surface area (Å²) in [5.74, 6) is 0.317. The minimum atomic E-state index is -3.58. The summed E-state index contributed by atoms with van der Waals surface area (Å²) in [6.07, 6.45) is 2.90. The van der Waals surface area contributed by atoms with E-state index in [-0.39, 0.29) is 24.0 Å². The lowest BCUT2D eigenvalue weighted by Crippen LogP contribution is -2.49. The molecular weight excluding hydrogens is 357 g/mol. The lowest BCUT2D eigenvalue weighted by Gasteiger charge is -2.37. The van der Waals surface area contributed by atoms with Crippen LogP contribution in [0.4, 0.5) is 4.39 Å². The highest BCUT2D eigenvalue weighted by Crippen LogP contribution is 2.41. The Labute approximate surface area is 152 Å². The maximum Gasteiger partial charge on any atom is 0.247 e. The van der Waals surface area contributed by atoms with Crippen molar-refractivity contribution in [2.24, 2.45) is 0 Å². The van der Waals surface area contributed by atoms with E-state index in [0.29, 0.717) is 34.9 Å². The predicted molar refractivity (Wildman–Crippen MR) is 93.9 cm³/mol. The fourth-order valence-corrected chi connectivity index (χ4v) is 6.53. The first kappa shape index (κ1) is 17.5. The van der Waals surface area contributed by atoms with Crippen molar-refractivity contribution in [3.05, 3.63) is 41.5 Å². The number of fused-ring (bicyclic) bond motifs is 2. The van der Waals surface area contributed by atoms with Gasteiger partial charge in [0.2, 0.25) is 10.0 Å². The molecule has 2 saturated heterocycles. The van der Waals surface area contributed by atoms with Gasteiger partial charge in [0.25, 0.3) is 0 Å². The number of aromatic amines is 1. The molecular formula is C18H22FN3O3S. The number of sulfonamides is 1. The van der Waals surface area contributed by atoms with E-state index in [9.17, 15) is 12.8 Å². The van der Waals surface area contributed by atoms with E-state index in [2.05, 4.69) is 10.2 Å². The molecule has 0 amide bonds. The van der Waals surface area contributed by atoms with E-state index in [1.807, 2.05) is 0 Å². The first-order valence-electron chi connectivity index (χ1n) is 8.83. The summed E-state index contributed by atoms with van der Waals surface area (Å²) in [4.78, 5) is 0.298. The molecule has 2 aliphatic heterocycles. The summed E-state index contributed by atoms with van der Waals surface area (Å²) in [5.41, 5.74) is 1.08. The van der Waals surface area contributed by atoms with Crippen LogP contribution >= 0.6 is 0 Å². The predicted octanol–water partition coefficient (Wildman–Crippen LogP) is 2.93. The van der Waals surface area contributed by atoms with Gasteiger partial charge >= 0.3 is 0 Å². The molecule has 2 atom stereocenters. The number of hydrogen-bond donors (Lipinski definition) is 1. The van der Waals surface area contributed by atoms with Gasteiger partial charge in [-0.2, -0.15) is 9.40 Å². The Morgan fingerprint density at radius 3 is 2.31 bits per heavy atom. The van der Waals surface area contributed by atoms with Crippen molar-refractivity contribution in [3.8, 4) is 5.75 Å². The SMILES string of the molecule is Cc1n[nH]c(C)c1S(=O)(=O)N1C2CCC1CC(Oc1ccc(F)cc1)C2. The summed E-state index contributed by atoms with van der Waals surface area (Å²) in [7, 11) is -3.58. The molecule has 6 nitrogen and oxygen atoms in total. The lowest BCUT2D eigenvalue weighted by atomic mass is 10.0. The Balaban J connectivity index is 1.55. The number of halogens is 1. The third-order valence-electron chi connectivity index (χ3n) is 5.34. The molecule has 2 fully saturated rings. The molecule has 0 saturated carbocycles. The summed E-state index contributed by atoms with van der Waals surface area (Å²) in [5, 5.41) is 6.81. The average Bonchev–Trinajstić information content (AvgIpc) is 3.07. The molecule has 26 heavy (non-hydrogen) atoms. The standard InChI is InChI=1S/C18H22FN3O3S/c1-11-18(12(2)21-20-11)26(23,24)22-14-5-6-15(22)10-17(9-14)25-16-7-3-13(19)4-8-16/h3-4,7-8,14-15,17H,5-6,9-10H2,1-2H3,(H,20,21). The number of aryl methyl sites for hydroxylation is 2. The van der Waals surface area contributed by atoms with E-state index in [4.69, 9.17) is 4.74 Å². The van der Waals surface area contributed by atoms with Gasteiger partial charge in [0.1, 0.15) is 22.6 Å². The molecule has 0 radical (unpaired) electrons. The molecule has 1 aromatic heterocycles. The van der Waals surface area contributed by atoms with Crippen molar-refractivity contribution in [2.75, 3.05) is 0 Å². The second-order valence-electron chi connectivity index (χ2n) is 7.15. The molecule has 0 spiro atoms. The summed E-state index contributed by atoms with van der Waals surface area (Å²) in [6, 6.07) is 5.81. The van der Waals surface area contributed by atoms with Crippen LogP contribution in [0.1, 0.15) is 37.1 Å². The van der Waals surface area contributed by atoms with Crippen LogP contribution in [0.5, 0.6) is 5.75 Å². The van der Waals surface area contributed by atoms with E-state index in [0.717, 1.165) is 12.8 Å². The van der Waals surface area contributed by atoms with Gasteiger partial charge in [-0.15, -0.1) is 0 Å². The normalized spacial score (nSPS) is 26.2. The van der Waals surface area contributed by atoms with Crippen LogP contribution in [0, 0.1) is 19.7 Å². The van der Waals surface area contributed by atoms with Crippen LogP contribution in [0.3, 0.4) is 0 Å². The largest absolute Gasteiger partial charge is 0.490 e. The first-order valence-corrected chi connectivity index (χ1v) is 10.3. The molecule has 4 rings (SSSR count). The number of nitrogens with zero attached hydrogens (tertiary/aromatic N) is 2. The highest BCUT2D eigenvalue weighted by atomic mass is 32.2. The van der Waals surface area contributed by atoms with Gasteiger partial charge in [0.15, 0.2) is 0 Å². The summed E-state index contributed by atoms with van der Waals surface area (Å²) in [6.45, 7) is 3.45. The van der Waals surface area contributed by atoms with E-state index in [1.165, 1.54) is 12.1 Å². The molecule has 2 bridgehead atoms. The van der Waals surface area contributed by atoms with Crippen molar-refractivity contribution in [1.82, 2.24) is 14.5 Å². The van der Waals surface area contributed by atoms with Gasteiger partial charge in [-0.05, 0) is 51.0 Å². The van der Waals surface area contributed by atoms with Crippen molar-refractivity contribution in [1.29, 1.82) is 0 Å². The maximum atomic E-state index is 13.2. The molecule has 8 heteroatoms. The molecule has 0 aliphatic carbocycles. The zero-order valence-electron chi connectivity index (χ0n) is 14.8. The number of ether oxygens (including phenoxy) is 1. The molecule has 1 N–H and O–H groups in total. The molecule has 140 valence electrons. The van der Waals surface area contributed by atoms with Crippen LogP contribution in [0.25, 0.3) is 0 Å². The van der Waals surface area contributed by atoms with Gasteiger partial charge in [-0.25, -0.2) is 12.8 Å². The van der Waals surface area contributed by atoms with Crippen LogP contribution in [-0.4, -0.2) is 41.1 Å². The van der Waals surface area contributed by atoms with Gasteiger partial charge < -0.3 is 4.74 Å². The lowest BCUT2D eigenvalue weighted by molar-refractivity contribution is 0.0955. The minimum Gasteiger partial charge on any atom is -0.490 e. The fraction of sp³-hybridized carbons (Fsp3) is 0.500. The number of rotatable bonds is 4. The van der Waals surface area contributed by atoms with Gasteiger partial charge in [0.05, 0.1) is 11.4 Å². The number of H-pyrrole nitrogens is 1. The third-order valence-corrected chi connectivity index (χ3v) is 7.60. The van der Waals surface area contributed by atoms with E-state index in [1.54, 1.807) is 30.3 Å². The van der Waals surface area contributed by atoms with E-state index < -0.39 is 10.0 Å². The Hall–Kier alpha value is -1.93. The fourth-order valence-electron chi connectivity index (χ4n) is 4.30. The third kappa shape index (κ3) is 2.91. The Morgan fingerprint density at radius 1 is 1.15 bits per heavy atom. The highest BCUT2D eigenvalue weighted by molar-refractivity contribution is 7.89. The van der Waals surface area contributed by atoms with Crippen molar-refractivity contribution in [2.45, 2.75) is 62.6 Å². The summed E-state index contributed by atoms with van der Waals surface area (Å²) >= 11 is 0. The maximum absolute atomic E-state index is 13.2. The second-order valence-corrected chi connectivity index (χ2v) is 8.93.